The van der Waals surface area contributed by atoms with Crippen molar-refractivity contribution in [2.75, 3.05) is 20.2 Å². The first-order valence-electron chi connectivity index (χ1n) is 6.15. The lowest BCUT2D eigenvalue weighted by atomic mass is 9.75. The smallest absolute Gasteiger partial charge is 0.328 e. The highest BCUT2D eigenvalue weighted by Gasteiger charge is 2.38. The van der Waals surface area contributed by atoms with E-state index in [0.717, 1.165) is 32.4 Å². The van der Waals surface area contributed by atoms with Crippen LogP contribution in [0.3, 0.4) is 0 Å². The molecule has 0 radical (unpaired) electrons. The summed E-state index contributed by atoms with van der Waals surface area (Å²) in [4.78, 5) is 23.5. The summed E-state index contributed by atoms with van der Waals surface area (Å²) in [5.74, 6) is -0.432. The van der Waals surface area contributed by atoms with E-state index in [1.165, 1.54) is 7.11 Å². The molecule has 98 valence electrons. The fourth-order valence-corrected chi connectivity index (χ4v) is 2.23. The monoisotopic (exact) mass is 242 g/mol. The SMILES string of the molecule is CCC1(C(=O)N[C@@H](C)C(=O)OC)CCNCC1. The molecule has 1 fully saturated rings. The van der Waals surface area contributed by atoms with Crippen LogP contribution in [0.2, 0.25) is 0 Å². The number of hydrogen-bond donors (Lipinski definition) is 2. The van der Waals surface area contributed by atoms with E-state index in [9.17, 15) is 9.59 Å². The van der Waals surface area contributed by atoms with Crippen molar-refractivity contribution in [2.24, 2.45) is 5.41 Å². The first-order chi connectivity index (χ1) is 8.05. The average Bonchev–Trinajstić information content (AvgIpc) is 2.38. The first kappa shape index (κ1) is 14.0. The minimum absolute atomic E-state index is 0.0283. The second-order valence-electron chi connectivity index (χ2n) is 4.60. The van der Waals surface area contributed by atoms with Gasteiger partial charge in [-0.25, -0.2) is 4.79 Å². The molecule has 0 aromatic rings. The van der Waals surface area contributed by atoms with Crippen LogP contribution in [-0.2, 0) is 14.3 Å². The number of methoxy groups -OCH3 is 1. The van der Waals surface area contributed by atoms with Crippen molar-refractivity contribution in [3.05, 3.63) is 0 Å². The van der Waals surface area contributed by atoms with Gasteiger partial charge in [-0.1, -0.05) is 6.92 Å². The molecule has 1 rings (SSSR count). The fraction of sp³-hybridized carbons (Fsp3) is 0.833. The molecule has 0 spiro atoms. The van der Waals surface area contributed by atoms with Gasteiger partial charge in [-0.05, 0) is 39.3 Å². The summed E-state index contributed by atoms with van der Waals surface area (Å²) in [5, 5.41) is 6.00. The van der Waals surface area contributed by atoms with Gasteiger partial charge in [0.15, 0.2) is 0 Å². The number of amides is 1. The van der Waals surface area contributed by atoms with Gasteiger partial charge in [-0.2, -0.15) is 0 Å². The minimum Gasteiger partial charge on any atom is -0.467 e. The van der Waals surface area contributed by atoms with Crippen LogP contribution in [-0.4, -0.2) is 38.1 Å². The molecule has 1 amide bonds. The zero-order valence-electron chi connectivity index (χ0n) is 10.8. The summed E-state index contributed by atoms with van der Waals surface area (Å²) < 4.78 is 4.60. The lowest BCUT2D eigenvalue weighted by Crippen LogP contribution is -2.51. The fourth-order valence-electron chi connectivity index (χ4n) is 2.23. The largest absolute Gasteiger partial charge is 0.467 e. The number of esters is 1. The number of carbonyl (C=O) groups is 2. The van der Waals surface area contributed by atoms with E-state index in [0.29, 0.717) is 0 Å². The van der Waals surface area contributed by atoms with Crippen LogP contribution < -0.4 is 10.6 Å². The third-order valence-corrected chi connectivity index (χ3v) is 3.62. The third kappa shape index (κ3) is 3.19. The van der Waals surface area contributed by atoms with E-state index in [4.69, 9.17) is 0 Å². The summed E-state index contributed by atoms with van der Waals surface area (Å²) >= 11 is 0. The van der Waals surface area contributed by atoms with Crippen molar-refractivity contribution in [2.45, 2.75) is 39.2 Å². The lowest BCUT2D eigenvalue weighted by Gasteiger charge is -2.35. The molecular weight excluding hydrogens is 220 g/mol. The molecular formula is C12H22N2O3. The maximum Gasteiger partial charge on any atom is 0.328 e. The van der Waals surface area contributed by atoms with Gasteiger partial charge < -0.3 is 15.4 Å². The molecule has 0 aliphatic carbocycles. The van der Waals surface area contributed by atoms with E-state index in [-0.39, 0.29) is 11.3 Å². The molecule has 0 aromatic heterocycles. The van der Waals surface area contributed by atoms with Crippen molar-refractivity contribution in [3.8, 4) is 0 Å². The Hall–Kier alpha value is -1.10. The van der Waals surface area contributed by atoms with Crippen LogP contribution in [0.1, 0.15) is 33.1 Å². The molecule has 1 aliphatic rings. The number of hydrogen-bond acceptors (Lipinski definition) is 4. The zero-order valence-corrected chi connectivity index (χ0v) is 10.8. The van der Waals surface area contributed by atoms with E-state index in [2.05, 4.69) is 15.4 Å². The van der Waals surface area contributed by atoms with Gasteiger partial charge in [-0.3, -0.25) is 4.79 Å². The van der Waals surface area contributed by atoms with Crippen LogP contribution in [0, 0.1) is 5.41 Å². The van der Waals surface area contributed by atoms with E-state index < -0.39 is 12.0 Å². The van der Waals surface area contributed by atoms with Gasteiger partial charge >= 0.3 is 5.97 Å². The highest BCUT2D eigenvalue weighted by molar-refractivity contribution is 5.87. The average molecular weight is 242 g/mol. The Morgan fingerprint density at radius 2 is 2.00 bits per heavy atom. The van der Waals surface area contributed by atoms with Gasteiger partial charge in [0, 0.05) is 0 Å². The molecule has 0 aromatic carbocycles. The maximum atomic E-state index is 12.2. The third-order valence-electron chi connectivity index (χ3n) is 3.62. The Labute approximate surface area is 102 Å². The normalized spacial score (nSPS) is 20.4. The molecule has 5 heteroatoms. The van der Waals surface area contributed by atoms with Gasteiger partial charge in [0.2, 0.25) is 5.91 Å². The van der Waals surface area contributed by atoms with Crippen LogP contribution in [0.4, 0.5) is 0 Å². The number of nitrogens with one attached hydrogen (secondary N) is 2. The van der Waals surface area contributed by atoms with Crippen molar-refractivity contribution >= 4 is 11.9 Å². The molecule has 0 bridgehead atoms. The predicted octanol–water partition coefficient (Wildman–Crippen LogP) is 0.444. The summed E-state index contributed by atoms with van der Waals surface area (Å²) in [6, 6.07) is -0.578. The number of piperidine rings is 1. The predicted molar refractivity (Wildman–Crippen MR) is 64.4 cm³/mol. The second-order valence-corrected chi connectivity index (χ2v) is 4.60. The standard InChI is InChI=1S/C12H22N2O3/c1-4-12(5-7-13-8-6-12)11(16)14-9(2)10(15)17-3/h9,13H,4-8H2,1-3H3,(H,14,16)/t9-/m0/s1. The van der Waals surface area contributed by atoms with Gasteiger partial charge in [-0.15, -0.1) is 0 Å². The molecule has 1 atom stereocenters. The lowest BCUT2D eigenvalue weighted by molar-refractivity contribution is -0.146. The van der Waals surface area contributed by atoms with Crippen molar-refractivity contribution in [1.29, 1.82) is 0 Å². The highest BCUT2D eigenvalue weighted by Crippen LogP contribution is 2.32. The van der Waals surface area contributed by atoms with Crippen LogP contribution in [0.5, 0.6) is 0 Å². The quantitative estimate of drug-likeness (QED) is 0.702. The Bertz CT molecular complexity index is 285. The summed E-state index contributed by atoms with van der Waals surface area (Å²) in [6.07, 6.45) is 2.45. The summed E-state index contributed by atoms with van der Waals surface area (Å²) in [7, 11) is 1.32. The molecule has 17 heavy (non-hydrogen) atoms. The van der Waals surface area contributed by atoms with E-state index in [1.54, 1.807) is 6.92 Å². The Balaban J connectivity index is 2.63. The Morgan fingerprint density at radius 3 is 2.47 bits per heavy atom. The molecule has 5 nitrogen and oxygen atoms in total. The zero-order chi connectivity index (χ0) is 12.9. The maximum absolute atomic E-state index is 12.2. The van der Waals surface area contributed by atoms with Crippen LogP contribution in [0.15, 0.2) is 0 Å². The van der Waals surface area contributed by atoms with Crippen molar-refractivity contribution < 1.29 is 14.3 Å². The van der Waals surface area contributed by atoms with Crippen LogP contribution >= 0.6 is 0 Å². The molecule has 0 unspecified atom stereocenters. The number of rotatable bonds is 4. The molecule has 1 saturated heterocycles. The van der Waals surface area contributed by atoms with Crippen molar-refractivity contribution in [3.63, 3.8) is 0 Å². The minimum atomic E-state index is -0.578. The van der Waals surface area contributed by atoms with Gasteiger partial charge in [0.25, 0.3) is 0 Å². The Morgan fingerprint density at radius 1 is 1.41 bits per heavy atom. The van der Waals surface area contributed by atoms with Crippen molar-refractivity contribution in [1.82, 2.24) is 10.6 Å². The highest BCUT2D eigenvalue weighted by atomic mass is 16.5. The first-order valence-corrected chi connectivity index (χ1v) is 6.15. The molecule has 1 aliphatic heterocycles. The van der Waals surface area contributed by atoms with Gasteiger partial charge in [0.1, 0.15) is 6.04 Å². The topological polar surface area (TPSA) is 67.4 Å². The summed E-state index contributed by atoms with van der Waals surface area (Å²) in [5.41, 5.74) is -0.326. The molecule has 1 heterocycles. The van der Waals surface area contributed by atoms with E-state index in [1.807, 2.05) is 6.92 Å². The number of carbonyl (C=O) groups excluding carboxylic acids is 2. The number of ether oxygens (including phenoxy) is 1. The summed E-state index contributed by atoms with van der Waals surface area (Å²) in [6.45, 7) is 5.38. The molecule has 0 saturated carbocycles. The molecule has 2 N–H and O–H groups in total. The second kappa shape index (κ2) is 6.00. The Kier molecular flexibility index (Phi) is 4.93. The van der Waals surface area contributed by atoms with Gasteiger partial charge in [0.05, 0.1) is 12.5 Å². The van der Waals surface area contributed by atoms with E-state index >= 15 is 0 Å². The van der Waals surface area contributed by atoms with Crippen LogP contribution in [0.25, 0.3) is 0 Å².